The topological polar surface area (TPSA) is 66.5 Å². The minimum absolute atomic E-state index is 0.327. The highest BCUT2D eigenvalue weighted by atomic mass is 16.5. The van der Waals surface area contributed by atoms with E-state index in [0.29, 0.717) is 5.69 Å². The Labute approximate surface area is 51.7 Å². The van der Waals surface area contributed by atoms with Gasteiger partial charge in [0.25, 0.3) is 0 Å². The van der Waals surface area contributed by atoms with Crippen LogP contribution in [-0.4, -0.2) is 22.0 Å². The van der Waals surface area contributed by atoms with Gasteiger partial charge in [0.15, 0.2) is 0 Å². The zero-order chi connectivity index (χ0) is 6.69. The Kier molecular flexibility index (Phi) is 1.81. The van der Waals surface area contributed by atoms with Gasteiger partial charge in [0.2, 0.25) is 0 Å². The molecule has 0 aromatic carbocycles. The molecule has 1 rings (SSSR count). The highest BCUT2D eigenvalue weighted by Crippen LogP contribution is 2.06. The Morgan fingerprint density at radius 1 is 1.78 bits per heavy atom. The van der Waals surface area contributed by atoms with Crippen LogP contribution in [0.1, 0.15) is 11.8 Å². The number of aliphatic hydroxyl groups excluding tert-OH is 2. The molecule has 0 aliphatic rings. The summed E-state index contributed by atoms with van der Waals surface area (Å²) in [5, 5.41) is 20.6. The first-order chi connectivity index (χ1) is 4.34. The molecule has 0 spiro atoms. The van der Waals surface area contributed by atoms with Gasteiger partial charge in [-0.3, -0.25) is 0 Å². The van der Waals surface area contributed by atoms with E-state index >= 15 is 0 Å². The summed E-state index contributed by atoms with van der Waals surface area (Å²) in [5.74, 6) is 0. The summed E-state index contributed by atoms with van der Waals surface area (Å²) in [6, 6.07) is 1.50. The molecule has 0 saturated heterocycles. The molecule has 0 bridgehead atoms. The number of aromatic nitrogens is 1. The quantitative estimate of drug-likeness (QED) is 0.575. The lowest BCUT2D eigenvalue weighted by Crippen LogP contribution is -2.01. The van der Waals surface area contributed by atoms with Gasteiger partial charge in [-0.05, 0) is 0 Å². The average molecular weight is 129 g/mol. The van der Waals surface area contributed by atoms with Gasteiger partial charge in [-0.15, -0.1) is 0 Å². The largest absolute Gasteiger partial charge is 0.393 e. The summed E-state index contributed by atoms with van der Waals surface area (Å²) < 4.78 is 4.42. The van der Waals surface area contributed by atoms with Crippen molar-refractivity contribution in [2.45, 2.75) is 6.10 Å². The van der Waals surface area contributed by atoms with E-state index in [1.165, 1.54) is 12.3 Å². The van der Waals surface area contributed by atoms with Crippen molar-refractivity contribution in [3.8, 4) is 0 Å². The lowest BCUT2D eigenvalue weighted by atomic mass is 10.3. The van der Waals surface area contributed by atoms with Crippen molar-refractivity contribution >= 4 is 0 Å². The van der Waals surface area contributed by atoms with Gasteiger partial charge in [0, 0.05) is 6.07 Å². The molecule has 0 fully saturated rings. The maximum atomic E-state index is 8.85. The molecule has 1 aromatic rings. The Morgan fingerprint density at radius 2 is 2.56 bits per heavy atom. The van der Waals surface area contributed by atoms with Crippen LogP contribution in [0, 0.1) is 0 Å². The van der Waals surface area contributed by atoms with Crippen molar-refractivity contribution in [3.05, 3.63) is 18.0 Å². The molecule has 0 amide bonds. The third-order valence-corrected chi connectivity index (χ3v) is 0.972. The zero-order valence-corrected chi connectivity index (χ0v) is 4.69. The van der Waals surface area contributed by atoms with Crippen molar-refractivity contribution in [2.24, 2.45) is 0 Å². The number of nitrogens with zero attached hydrogens (tertiary/aromatic N) is 1. The van der Waals surface area contributed by atoms with Crippen LogP contribution in [0.2, 0.25) is 0 Å². The highest BCUT2D eigenvalue weighted by Gasteiger charge is 2.07. The molecule has 0 radical (unpaired) electrons. The maximum absolute atomic E-state index is 8.85. The SMILES string of the molecule is OCC(O)c1ccon1. The van der Waals surface area contributed by atoms with Gasteiger partial charge in [0.1, 0.15) is 18.1 Å². The minimum Gasteiger partial charge on any atom is -0.393 e. The Bertz CT molecular complexity index is 161. The lowest BCUT2D eigenvalue weighted by molar-refractivity contribution is 0.0893. The van der Waals surface area contributed by atoms with Crippen molar-refractivity contribution in [2.75, 3.05) is 6.61 Å². The maximum Gasteiger partial charge on any atom is 0.124 e. The molecule has 1 unspecified atom stereocenters. The molecule has 1 heterocycles. The van der Waals surface area contributed by atoms with E-state index in [-0.39, 0.29) is 6.61 Å². The predicted octanol–water partition coefficient (Wildman–Crippen LogP) is -0.300. The van der Waals surface area contributed by atoms with Crippen LogP contribution in [-0.2, 0) is 0 Å². The fourth-order valence-corrected chi connectivity index (χ4v) is 0.487. The monoisotopic (exact) mass is 129 g/mol. The number of rotatable bonds is 2. The molecular weight excluding hydrogens is 122 g/mol. The lowest BCUT2D eigenvalue weighted by Gasteiger charge is -1.98. The van der Waals surface area contributed by atoms with Gasteiger partial charge in [-0.1, -0.05) is 5.16 Å². The smallest absolute Gasteiger partial charge is 0.124 e. The van der Waals surface area contributed by atoms with Gasteiger partial charge < -0.3 is 14.7 Å². The molecule has 4 nitrogen and oxygen atoms in total. The first-order valence-electron chi connectivity index (χ1n) is 2.54. The molecule has 4 heteroatoms. The van der Waals surface area contributed by atoms with E-state index in [9.17, 15) is 0 Å². The molecule has 2 N–H and O–H groups in total. The van der Waals surface area contributed by atoms with Crippen LogP contribution in [0.15, 0.2) is 16.9 Å². The van der Waals surface area contributed by atoms with E-state index < -0.39 is 6.10 Å². The number of hydrogen-bond donors (Lipinski definition) is 2. The van der Waals surface area contributed by atoms with Crippen LogP contribution in [0.25, 0.3) is 0 Å². The number of hydrogen-bond acceptors (Lipinski definition) is 4. The first-order valence-corrected chi connectivity index (χ1v) is 2.54. The van der Waals surface area contributed by atoms with Gasteiger partial charge in [-0.25, -0.2) is 0 Å². The Hall–Kier alpha value is -0.870. The predicted molar refractivity (Wildman–Crippen MR) is 28.5 cm³/mol. The normalized spacial score (nSPS) is 13.6. The summed E-state index contributed by atoms with van der Waals surface area (Å²) in [6.07, 6.45) is 0.428. The summed E-state index contributed by atoms with van der Waals surface area (Å²) in [6.45, 7) is -0.327. The molecule has 50 valence electrons. The molecule has 1 atom stereocenters. The zero-order valence-electron chi connectivity index (χ0n) is 4.69. The van der Waals surface area contributed by atoms with Gasteiger partial charge in [0.05, 0.1) is 6.61 Å². The van der Waals surface area contributed by atoms with Crippen molar-refractivity contribution < 1.29 is 14.7 Å². The summed E-state index contributed by atoms with van der Waals surface area (Å²) in [4.78, 5) is 0. The second kappa shape index (κ2) is 2.61. The van der Waals surface area contributed by atoms with E-state index in [2.05, 4.69) is 9.68 Å². The van der Waals surface area contributed by atoms with Crippen molar-refractivity contribution in [3.63, 3.8) is 0 Å². The number of aliphatic hydroxyl groups is 2. The van der Waals surface area contributed by atoms with E-state index in [0.717, 1.165) is 0 Å². The van der Waals surface area contributed by atoms with Crippen LogP contribution in [0.5, 0.6) is 0 Å². The third-order valence-electron chi connectivity index (χ3n) is 0.972. The third kappa shape index (κ3) is 1.28. The van der Waals surface area contributed by atoms with Crippen LogP contribution < -0.4 is 0 Å². The van der Waals surface area contributed by atoms with Crippen LogP contribution in [0.4, 0.5) is 0 Å². The average Bonchev–Trinajstić information content (AvgIpc) is 2.37. The fraction of sp³-hybridized carbons (Fsp3) is 0.400. The summed E-state index contributed by atoms with van der Waals surface area (Å²) in [7, 11) is 0. The molecule has 0 saturated carbocycles. The molecule has 0 aliphatic heterocycles. The molecule has 0 aliphatic carbocycles. The van der Waals surface area contributed by atoms with Gasteiger partial charge in [-0.2, -0.15) is 0 Å². The summed E-state index contributed by atoms with van der Waals surface area (Å²) in [5.41, 5.74) is 0.359. The molecular formula is C5H7NO3. The Morgan fingerprint density at radius 3 is 3.00 bits per heavy atom. The van der Waals surface area contributed by atoms with Crippen LogP contribution in [0.3, 0.4) is 0 Å². The molecule has 1 aromatic heterocycles. The van der Waals surface area contributed by atoms with Gasteiger partial charge >= 0.3 is 0 Å². The van der Waals surface area contributed by atoms with Crippen molar-refractivity contribution in [1.82, 2.24) is 5.16 Å². The summed E-state index contributed by atoms with van der Waals surface area (Å²) >= 11 is 0. The van der Waals surface area contributed by atoms with E-state index in [1.54, 1.807) is 0 Å². The Balaban J connectivity index is 2.65. The van der Waals surface area contributed by atoms with Crippen LogP contribution >= 0.6 is 0 Å². The molecule has 9 heavy (non-hydrogen) atoms. The van der Waals surface area contributed by atoms with E-state index in [1.807, 2.05) is 0 Å². The highest BCUT2D eigenvalue weighted by molar-refractivity contribution is 4.98. The fourth-order valence-electron chi connectivity index (χ4n) is 0.487. The second-order valence-corrected chi connectivity index (χ2v) is 1.62. The van der Waals surface area contributed by atoms with E-state index in [4.69, 9.17) is 10.2 Å². The van der Waals surface area contributed by atoms with Crippen molar-refractivity contribution in [1.29, 1.82) is 0 Å². The minimum atomic E-state index is -0.913. The standard InChI is InChI=1S/C5H7NO3/c7-3-5(8)4-1-2-9-6-4/h1-2,5,7-8H,3H2. The first kappa shape index (κ1) is 6.25. The second-order valence-electron chi connectivity index (χ2n) is 1.62.